The fraction of sp³-hybridized carbons (Fsp3) is 0.176. The van der Waals surface area contributed by atoms with E-state index in [1.807, 2.05) is 43.3 Å². The van der Waals surface area contributed by atoms with Crippen molar-refractivity contribution in [2.75, 3.05) is 24.3 Å². The van der Waals surface area contributed by atoms with Crippen LogP contribution in [-0.2, 0) is 11.2 Å². The number of amides is 1. The Labute approximate surface area is 143 Å². The lowest BCUT2D eigenvalue weighted by atomic mass is 10.1. The average molecular weight is 339 g/mol. The van der Waals surface area contributed by atoms with Gasteiger partial charge in [0, 0.05) is 31.9 Å². The van der Waals surface area contributed by atoms with Crippen LogP contribution in [0, 0.1) is 10.1 Å². The van der Waals surface area contributed by atoms with Gasteiger partial charge >= 0.3 is 0 Å². The number of carbonyl (C=O) groups is 1. The van der Waals surface area contributed by atoms with Crippen LogP contribution in [0.1, 0.15) is 5.56 Å². The first kappa shape index (κ1) is 16.4. The van der Waals surface area contributed by atoms with Gasteiger partial charge in [0.15, 0.2) is 5.82 Å². The summed E-state index contributed by atoms with van der Waals surface area (Å²) in [4.78, 5) is 24.6. The summed E-state index contributed by atoms with van der Waals surface area (Å²) < 4.78 is 0. The molecule has 1 amide bonds. The number of aromatic amines is 1. The first-order valence-electron chi connectivity index (χ1n) is 7.62. The van der Waals surface area contributed by atoms with Gasteiger partial charge in [-0.25, -0.2) is 0 Å². The number of nitrogens with one attached hydrogen (secondary N) is 2. The highest BCUT2D eigenvalue weighted by atomic mass is 16.6. The molecule has 2 N–H and O–H groups in total. The van der Waals surface area contributed by atoms with Crippen LogP contribution in [0.2, 0.25) is 0 Å². The maximum Gasteiger partial charge on any atom is 0.270 e. The van der Waals surface area contributed by atoms with E-state index in [4.69, 9.17) is 0 Å². The Bertz CT molecular complexity index is 931. The molecule has 3 rings (SSSR count). The summed E-state index contributed by atoms with van der Waals surface area (Å²) in [6.07, 6.45) is 0.191. The molecule has 0 atom stereocenters. The van der Waals surface area contributed by atoms with Crippen molar-refractivity contribution in [3.63, 3.8) is 0 Å². The molecule has 8 heteroatoms. The van der Waals surface area contributed by atoms with E-state index in [0.717, 1.165) is 11.3 Å². The molecular weight excluding hydrogens is 322 g/mol. The van der Waals surface area contributed by atoms with E-state index < -0.39 is 4.92 Å². The number of hydrogen-bond acceptors (Lipinski definition) is 5. The maximum absolute atomic E-state index is 12.3. The van der Waals surface area contributed by atoms with Crippen LogP contribution in [0.3, 0.4) is 0 Å². The Balaban J connectivity index is 1.75. The van der Waals surface area contributed by atoms with Crippen LogP contribution >= 0.6 is 0 Å². The van der Waals surface area contributed by atoms with Crippen LogP contribution < -0.4 is 10.2 Å². The summed E-state index contributed by atoms with van der Waals surface area (Å²) in [7, 11) is 3.90. The normalized spacial score (nSPS) is 10.6. The van der Waals surface area contributed by atoms with E-state index in [-0.39, 0.29) is 23.8 Å². The van der Waals surface area contributed by atoms with Crippen molar-refractivity contribution in [3.8, 4) is 0 Å². The fourth-order valence-corrected chi connectivity index (χ4v) is 2.48. The molecule has 0 unspecified atom stereocenters. The van der Waals surface area contributed by atoms with Crippen molar-refractivity contribution in [3.05, 3.63) is 58.1 Å². The number of anilines is 2. The quantitative estimate of drug-likeness (QED) is 0.549. The third-order valence-electron chi connectivity index (χ3n) is 3.83. The fourth-order valence-electron chi connectivity index (χ4n) is 2.48. The highest BCUT2D eigenvalue weighted by Crippen LogP contribution is 2.25. The van der Waals surface area contributed by atoms with E-state index >= 15 is 0 Å². The summed E-state index contributed by atoms with van der Waals surface area (Å²) in [5.41, 5.74) is 2.49. The Kier molecular flexibility index (Phi) is 4.34. The van der Waals surface area contributed by atoms with E-state index in [1.165, 1.54) is 12.1 Å². The molecule has 0 saturated carbocycles. The Morgan fingerprint density at radius 3 is 2.60 bits per heavy atom. The number of fused-ring (bicyclic) bond motifs is 1. The Morgan fingerprint density at radius 1 is 1.24 bits per heavy atom. The number of benzene rings is 2. The number of hydrogen-bond donors (Lipinski definition) is 2. The molecular formula is C17H17N5O3. The molecule has 8 nitrogen and oxygen atoms in total. The van der Waals surface area contributed by atoms with Crippen LogP contribution in [0.15, 0.2) is 42.5 Å². The van der Waals surface area contributed by atoms with Gasteiger partial charge in [-0.3, -0.25) is 20.0 Å². The lowest BCUT2D eigenvalue weighted by Gasteiger charge is -2.12. The van der Waals surface area contributed by atoms with Crippen LogP contribution in [-0.4, -0.2) is 35.1 Å². The van der Waals surface area contributed by atoms with Crippen molar-refractivity contribution < 1.29 is 9.72 Å². The second kappa shape index (κ2) is 6.60. The number of non-ortho nitro benzene ring substituents is 1. The molecule has 0 aliphatic rings. The van der Waals surface area contributed by atoms with Gasteiger partial charge in [-0.1, -0.05) is 12.1 Å². The van der Waals surface area contributed by atoms with Crippen molar-refractivity contribution in [2.45, 2.75) is 6.42 Å². The number of nitrogens with zero attached hydrogens (tertiary/aromatic N) is 3. The second-order valence-corrected chi connectivity index (χ2v) is 5.85. The lowest BCUT2D eigenvalue weighted by Crippen LogP contribution is -2.15. The van der Waals surface area contributed by atoms with Crippen LogP contribution in [0.5, 0.6) is 0 Å². The van der Waals surface area contributed by atoms with Crippen molar-refractivity contribution >= 4 is 34.0 Å². The van der Waals surface area contributed by atoms with E-state index in [2.05, 4.69) is 15.5 Å². The number of carbonyl (C=O) groups excluding carboxylic acids is 1. The van der Waals surface area contributed by atoms with Gasteiger partial charge in [0.25, 0.3) is 5.69 Å². The predicted octanol–water partition coefficient (Wildman–Crippen LogP) is 2.72. The zero-order valence-electron chi connectivity index (χ0n) is 13.8. The largest absolute Gasteiger partial charge is 0.378 e. The van der Waals surface area contributed by atoms with E-state index in [0.29, 0.717) is 10.9 Å². The number of nitro benzene ring substituents is 1. The van der Waals surface area contributed by atoms with Gasteiger partial charge in [-0.2, -0.15) is 5.10 Å². The van der Waals surface area contributed by atoms with Crippen molar-refractivity contribution in [2.24, 2.45) is 0 Å². The van der Waals surface area contributed by atoms with E-state index in [9.17, 15) is 14.9 Å². The monoisotopic (exact) mass is 339 g/mol. The lowest BCUT2D eigenvalue weighted by molar-refractivity contribution is -0.384. The number of H-pyrrole nitrogens is 1. The SMILES string of the molecule is CN(C)c1ccc(CC(=O)Nc2n[nH]c3ccc([N+](=O)[O-])cc23)cc1. The summed E-state index contributed by atoms with van der Waals surface area (Å²) in [6.45, 7) is 0. The number of rotatable bonds is 5. The minimum Gasteiger partial charge on any atom is -0.378 e. The van der Waals surface area contributed by atoms with Gasteiger partial charge in [0.2, 0.25) is 5.91 Å². The first-order chi connectivity index (χ1) is 11.9. The third-order valence-corrected chi connectivity index (χ3v) is 3.83. The van der Waals surface area contributed by atoms with E-state index in [1.54, 1.807) is 6.07 Å². The molecule has 0 bridgehead atoms. The minimum absolute atomic E-state index is 0.0522. The second-order valence-electron chi connectivity index (χ2n) is 5.85. The highest BCUT2D eigenvalue weighted by Gasteiger charge is 2.14. The smallest absolute Gasteiger partial charge is 0.270 e. The molecule has 1 aromatic heterocycles. The number of nitro groups is 1. The van der Waals surface area contributed by atoms with Crippen LogP contribution in [0.25, 0.3) is 10.9 Å². The zero-order valence-corrected chi connectivity index (χ0v) is 13.8. The van der Waals surface area contributed by atoms with Gasteiger partial charge in [-0.15, -0.1) is 0 Å². The molecule has 1 heterocycles. The molecule has 0 aliphatic carbocycles. The topological polar surface area (TPSA) is 104 Å². The molecule has 0 spiro atoms. The third kappa shape index (κ3) is 3.57. The molecule has 0 saturated heterocycles. The summed E-state index contributed by atoms with van der Waals surface area (Å²) >= 11 is 0. The highest BCUT2D eigenvalue weighted by molar-refractivity contribution is 6.00. The molecule has 3 aromatic rings. The average Bonchev–Trinajstić information content (AvgIpc) is 2.97. The number of aromatic nitrogens is 2. The Hall–Kier alpha value is -3.42. The maximum atomic E-state index is 12.3. The van der Waals surface area contributed by atoms with Crippen LogP contribution in [0.4, 0.5) is 17.2 Å². The minimum atomic E-state index is -0.482. The van der Waals surface area contributed by atoms with Crippen molar-refractivity contribution in [1.82, 2.24) is 10.2 Å². The van der Waals surface area contributed by atoms with Crippen molar-refractivity contribution in [1.29, 1.82) is 0 Å². The molecule has 0 fully saturated rings. The predicted molar refractivity (Wildman–Crippen MR) is 95.9 cm³/mol. The molecule has 0 aliphatic heterocycles. The molecule has 25 heavy (non-hydrogen) atoms. The summed E-state index contributed by atoms with van der Waals surface area (Å²) in [5, 5.41) is 20.9. The summed E-state index contributed by atoms with van der Waals surface area (Å²) in [5.74, 6) is 0.0473. The Morgan fingerprint density at radius 2 is 1.96 bits per heavy atom. The van der Waals surface area contributed by atoms with Gasteiger partial charge < -0.3 is 10.2 Å². The summed E-state index contributed by atoms with van der Waals surface area (Å²) in [6, 6.07) is 12.0. The molecule has 0 radical (unpaired) electrons. The first-order valence-corrected chi connectivity index (χ1v) is 7.62. The molecule has 128 valence electrons. The van der Waals surface area contributed by atoms with Gasteiger partial charge in [0.1, 0.15) is 0 Å². The van der Waals surface area contributed by atoms with Gasteiger partial charge in [-0.05, 0) is 23.8 Å². The standard InChI is InChI=1S/C17H17N5O3/c1-21(2)12-5-3-11(4-6-12)9-16(23)18-17-14-10-13(22(24)25)7-8-15(14)19-20-17/h3-8,10H,9H2,1-2H3,(H2,18,19,20,23). The molecule has 2 aromatic carbocycles. The van der Waals surface area contributed by atoms with Gasteiger partial charge in [0.05, 0.1) is 22.2 Å². The zero-order chi connectivity index (χ0) is 18.0.